The van der Waals surface area contributed by atoms with Gasteiger partial charge in [0.1, 0.15) is 6.61 Å². The molecule has 3 nitrogen and oxygen atoms in total. The van der Waals surface area contributed by atoms with E-state index in [1.54, 1.807) is 7.11 Å². The molecule has 0 radical (unpaired) electrons. The lowest BCUT2D eigenvalue weighted by molar-refractivity contribution is 0.0705. The molecule has 0 unspecified atom stereocenters. The summed E-state index contributed by atoms with van der Waals surface area (Å²) in [5, 5.41) is 0. The van der Waals surface area contributed by atoms with Gasteiger partial charge in [-0.3, -0.25) is 4.79 Å². The maximum Gasteiger partial charge on any atom is 0.188 e. The third-order valence-electron chi connectivity index (χ3n) is 2.04. The van der Waals surface area contributed by atoms with E-state index < -0.39 is 0 Å². The molecule has 1 aromatic rings. The standard InChI is InChI=1S/C12H15IO3/c1-15-7-2-8-16-9-12(14)10-3-5-11(13)6-4-10/h3-6H,2,7-9H2,1H3. The number of rotatable bonds is 7. The quantitative estimate of drug-likeness (QED) is 0.437. The lowest BCUT2D eigenvalue weighted by Gasteiger charge is -2.03. The molecule has 0 aromatic heterocycles. The number of ketones is 1. The van der Waals surface area contributed by atoms with Crippen molar-refractivity contribution < 1.29 is 14.3 Å². The lowest BCUT2D eigenvalue weighted by Crippen LogP contribution is -2.10. The van der Waals surface area contributed by atoms with Gasteiger partial charge in [0.15, 0.2) is 5.78 Å². The number of Topliss-reactive ketones (excluding diaryl/α,β-unsaturated/α-hetero) is 1. The number of hydrogen-bond acceptors (Lipinski definition) is 3. The van der Waals surface area contributed by atoms with Gasteiger partial charge in [0.05, 0.1) is 0 Å². The molecule has 0 aliphatic carbocycles. The van der Waals surface area contributed by atoms with Crippen LogP contribution in [0, 0.1) is 3.57 Å². The molecular formula is C12H15IO3. The molecule has 0 spiro atoms. The van der Waals surface area contributed by atoms with Crippen molar-refractivity contribution in [3.8, 4) is 0 Å². The highest BCUT2D eigenvalue weighted by Crippen LogP contribution is 2.07. The smallest absolute Gasteiger partial charge is 0.188 e. The number of carbonyl (C=O) groups excluding carboxylic acids is 1. The van der Waals surface area contributed by atoms with Crippen molar-refractivity contribution in [2.45, 2.75) is 6.42 Å². The normalized spacial score (nSPS) is 10.4. The van der Waals surface area contributed by atoms with E-state index in [1.165, 1.54) is 0 Å². The number of carbonyl (C=O) groups is 1. The average Bonchev–Trinajstić information content (AvgIpc) is 2.29. The summed E-state index contributed by atoms with van der Waals surface area (Å²) in [4.78, 5) is 11.6. The summed E-state index contributed by atoms with van der Waals surface area (Å²) in [7, 11) is 1.65. The van der Waals surface area contributed by atoms with E-state index >= 15 is 0 Å². The fraction of sp³-hybridized carbons (Fsp3) is 0.417. The maximum atomic E-state index is 11.6. The Hall–Kier alpha value is -0.460. The van der Waals surface area contributed by atoms with Gasteiger partial charge in [0.25, 0.3) is 0 Å². The molecule has 0 aliphatic rings. The monoisotopic (exact) mass is 334 g/mol. The van der Waals surface area contributed by atoms with E-state index in [2.05, 4.69) is 22.6 Å². The van der Waals surface area contributed by atoms with E-state index in [0.29, 0.717) is 18.8 Å². The average molecular weight is 334 g/mol. The zero-order chi connectivity index (χ0) is 11.8. The van der Waals surface area contributed by atoms with Gasteiger partial charge < -0.3 is 9.47 Å². The highest BCUT2D eigenvalue weighted by atomic mass is 127. The predicted molar refractivity (Wildman–Crippen MR) is 70.8 cm³/mol. The zero-order valence-electron chi connectivity index (χ0n) is 9.24. The summed E-state index contributed by atoms with van der Waals surface area (Å²) < 4.78 is 11.3. The van der Waals surface area contributed by atoms with Crippen LogP contribution in [0.1, 0.15) is 16.8 Å². The second-order valence-electron chi connectivity index (χ2n) is 3.33. The maximum absolute atomic E-state index is 11.6. The van der Waals surface area contributed by atoms with Crippen molar-refractivity contribution in [2.24, 2.45) is 0 Å². The molecule has 0 bridgehead atoms. The first-order valence-corrected chi connectivity index (χ1v) is 6.17. The topological polar surface area (TPSA) is 35.5 Å². The molecule has 88 valence electrons. The number of ether oxygens (including phenoxy) is 2. The van der Waals surface area contributed by atoms with Gasteiger partial charge in [-0.1, -0.05) is 12.1 Å². The molecule has 0 fully saturated rings. The molecule has 0 atom stereocenters. The second-order valence-corrected chi connectivity index (χ2v) is 4.57. The van der Waals surface area contributed by atoms with Gasteiger partial charge in [-0.25, -0.2) is 0 Å². The Bertz CT molecular complexity index is 322. The van der Waals surface area contributed by atoms with Gasteiger partial charge in [0, 0.05) is 29.5 Å². The van der Waals surface area contributed by atoms with Gasteiger partial charge in [-0.05, 0) is 41.1 Å². The van der Waals surface area contributed by atoms with Crippen LogP contribution in [0.2, 0.25) is 0 Å². The number of benzene rings is 1. The molecule has 0 N–H and O–H groups in total. The molecule has 0 saturated heterocycles. The van der Waals surface area contributed by atoms with Gasteiger partial charge in [0.2, 0.25) is 0 Å². The molecule has 1 aromatic carbocycles. The Kier molecular flexibility index (Phi) is 6.59. The molecule has 4 heteroatoms. The fourth-order valence-corrected chi connectivity index (χ4v) is 1.55. The third kappa shape index (κ3) is 5.05. The molecule has 16 heavy (non-hydrogen) atoms. The van der Waals surface area contributed by atoms with Crippen molar-refractivity contribution in [3.63, 3.8) is 0 Å². The van der Waals surface area contributed by atoms with E-state index in [0.717, 1.165) is 9.99 Å². The summed E-state index contributed by atoms with van der Waals surface area (Å²) in [5.74, 6) is 0.0221. The highest BCUT2D eigenvalue weighted by molar-refractivity contribution is 14.1. The van der Waals surface area contributed by atoms with Crippen LogP contribution in [0.3, 0.4) is 0 Å². The van der Waals surface area contributed by atoms with Gasteiger partial charge in [-0.15, -0.1) is 0 Å². The molecule has 0 aliphatic heterocycles. The SMILES string of the molecule is COCCCOCC(=O)c1ccc(I)cc1. The Balaban J connectivity index is 2.27. The minimum absolute atomic E-state index is 0.0221. The summed E-state index contributed by atoms with van der Waals surface area (Å²) in [6.07, 6.45) is 0.816. The van der Waals surface area contributed by atoms with Crippen LogP contribution < -0.4 is 0 Å². The van der Waals surface area contributed by atoms with Crippen LogP contribution >= 0.6 is 22.6 Å². The van der Waals surface area contributed by atoms with E-state index in [4.69, 9.17) is 9.47 Å². The first-order valence-electron chi connectivity index (χ1n) is 5.09. The molecule has 0 heterocycles. The van der Waals surface area contributed by atoms with Crippen molar-refractivity contribution >= 4 is 28.4 Å². The van der Waals surface area contributed by atoms with Crippen molar-refractivity contribution in [2.75, 3.05) is 26.9 Å². The number of hydrogen-bond donors (Lipinski definition) is 0. The van der Waals surface area contributed by atoms with Gasteiger partial charge in [-0.2, -0.15) is 0 Å². The Morgan fingerprint density at radius 1 is 1.25 bits per heavy atom. The van der Waals surface area contributed by atoms with Gasteiger partial charge >= 0.3 is 0 Å². The highest BCUT2D eigenvalue weighted by Gasteiger charge is 2.04. The predicted octanol–water partition coefficient (Wildman–Crippen LogP) is 2.53. The van der Waals surface area contributed by atoms with E-state index in [1.807, 2.05) is 24.3 Å². The lowest BCUT2D eigenvalue weighted by atomic mass is 10.1. The molecule has 1 rings (SSSR count). The van der Waals surface area contributed by atoms with Crippen LogP contribution in [0.25, 0.3) is 0 Å². The summed E-state index contributed by atoms with van der Waals surface area (Å²) in [6, 6.07) is 7.47. The Morgan fingerprint density at radius 2 is 1.94 bits per heavy atom. The minimum Gasteiger partial charge on any atom is -0.385 e. The van der Waals surface area contributed by atoms with E-state index in [-0.39, 0.29) is 12.4 Å². The summed E-state index contributed by atoms with van der Waals surface area (Å²) in [5.41, 5.74) is 0.701. The second kappa shape index (κ2) is 7.76. The Labute approximate surface area is 109 Å². The number of halogens is 1. The van der Waals surface area contributed by atoms with E-state index in [9.17, 15) is 4.79 Å². The first-order chi connectivity index (χ1) is 7.74. The molecule has 0 saturated carbocycles. The first kappa shape index (κ1) is 13.6. The largest absolute Gasteiger partial charge is 0.385 e. The van der Waals surface area contributed by atoms with Crippen LogP contribution in [0.5, 0.6) is 0 Å². The summed E-state index contributed by atoms with van der Waals surface area (Å²) >= 11 is 2.21. The minimum atomic E-state index is 0.0221. The Morgan fingerprint density at radius 3 is 2.56 bits per heavy atom. The van der Waals surface area contributed by atoms with Crippen molar-refractivity contribution in [1.29, 1.82) is 0 Å². The number of methoxy groups -OCH3 is 1. The van der Waals surface area contributed by atoms with Crippen LogP contribution in [-0.4, -0.2) is 32.7 Å². The molecule has 0 amide bonds. The third-order valence-corrected chi connectivity index (χ3v) is 2.76. The van der Waals surface area contributed by atoms with Crippen LogP contribution in [0.4, 0.5) is 0 Å². The van der Waals surface area contributed by atoms with Crippen LogP contribution in [-0.2, 0) is 9.47 Å². The molecular weight excluding hydrogens is 319 g/mol. The van der Waals surface area contributed by atoms with Crippen molar-refractivity contribution in [1.82, 2.24) is 0 Å². The summed E-state index contributed by atoms with van der Waals surface area (Å²) in [6.45, 7) is 1.37. The fourth-order valence-electron chi connectivity index (χ4n) is 1.19. The zero-order valence-corrected chi connectivity index (χ0v) is 11.4. The van der Waals surface area contributed by atoms with Crippen LogP contribution in [0.15, 0.2) is 24.3 Å². The van der Waals surface area contributed by atoms with Crippen molar-refractivity contribution in [3.05, 3.63) is 33.4 Å².